The third-order valence-electron chi connectivity index (χ3n) is 2.26. The predicted octanol–water partition coefficient (Wildman–Crippen LogP) is 1.89. The molecule has 16 heavy (non-hydrogen) atoms. The Hall–Kier alpha value is -1.26. The Bertz CT molecular complexity index is 418. The fourth-order valence-corrected chi connectivity index (χ4v) is 1.75. The minimum absolute atomic E-state index is 0.0582. The van der Waals surface area contributed by atoms with Gasteiger partial charge in [0.05, 0.1) is 12.7 Å². The monoisotopic (exact) mass is 243 g/mol. The number of halogens is 1. The summed E-state index contributed by atoms with van der Waals surface area (Å²) in [5.74, 6) is -0.0182. The van der Waals surface area contributed by atoms with E-state index >= 15 is 0 Å². The van der Waals surface area contributed by atoms with Gasteiger partial charge < -0.3 is 15.6 Å². The fraction of sp³-hybridized carbons (Fsp3) is 0.364. The molecule has 1 rings (SSSR count). The lowest BCUT2D eigenvalue weighted by Gasteiger charge is -2.12. The van der Waals surface area contributed by atoms with Gasteiger partial charge in [-0.25, -0.2) is 0 Å². The van der Waals surface area contributed by atoms with E-state index in [9.17, 15) is 9.90 Å². The highest BCUT2D eigenvalue weighted by Crippen LogP contribution is 2.39. The van der Waals surface area contributed by atoms with Crippen LogP contribution in [0.3, 0.4) is 0 Å². The van der Waals surface area contributed by atoms with Crippen molar-refractivity contribution in [2.45, 2.75) is 13.3 Å². The topological polar surface area (TPSA) is 72.5 Å². The Kier molecular flexibility index (Phi) is 4.15. The van der Waals surface area contributed by atoms with Gasteiger partial charge in [-0.3, -0.25) is 4.79 Å². The molecule has 0 aliphatic heterocycles. The van der Waals surface area contributed by atoms with Gasteiger partial charge in [-0.1, -0.05) is 11.6 Å². The Morgan fingerprint density at radius 1 is 1.62 bits per heavy atom. The maximum atomic E-state index is 11.7. The first-order chi connectivity index (χ1) is 7.52. The van der Waals surface area contributed by atoms with Crippen molar-refractivity contribution in [3.8, 4) is 11.5 Å². The molecule has 0 fully saturated rings. The van der Waals surface area contributed by atoms with E-state index in [2.05, 4.69) is 0 Å². The van der Waals surface area contributed by atoms with Crippen LogP contribution < -0.4 is 10.5 Å². The highest BCUT2D eigenvalue weighted by atomic mass is 35.5. The molecular formula is C11H14ClNO3. The van der Waals surface area contributed by atoms with Gasteiger partial charge in [-0.2, -0.15) is 0 Å². The van der Waals surface area contributed by atoms with Crippen molar-refractivity contribution in [3.05, 3.63) is 22.2 Å². The first kappa shape index (κ1) is 12.8. The molecule has 0 radical (unpaired) electrons. The van der Waals surface area contributed by atoms with Crippen LogP contribution in [0.4, 0.5) is 0 Å². The third-order valence-corrected chi connectivity index (χ3v) is 2.61. The molecule has 0 spiro atoms. The second kappa shape index (κ2) is 5.18. The van der Waals surface area contributed by atoms with E-state index in [4.69, 9.17) is 22.1 Å². The molecule has 0 saturated carbocycles. The van der Waals surface area contributed by atoms with Crippen LogP contribution in [0.1, 0.15) is 22.3 Å². The summed E-state index contributed by atoms with van der Waals surface area (Å²) in [6, 6.07) is 1.55. The summed E-state index contributed by atoms with van der Waals surface area (Å²) in [6.07, 6.45) is 0.219. The van der Waals surface area contributed by atoms with Crippen LogP contribution in [0.25, 0.3) is 0 Å². The summed E-state index contributed by atoms with van der Waals surface area (Å²) in [4.78, 5) is 11.7. The number of carbonyl (C=O) groups is 1. The van der Waals surface area contributed by atoms with Crippen molar-refractivity contribution in [2.75, 3.05) is 13.7 Å². The number of hydrogen-bond acceptors (Lipinski definition) is 4. The van der Waals surface area contributed by atoms with Crippen molar-refractivity contribution in [1.29, 1.82) is 0 Å². The van der Waals surface area contributed by atoms with E-state index in [0.29, 0.717) is 11.1 Å². The highest BCUT2D eigenvalue weighted by molar-refractivity contribution is 6.34. The largest absolute Gasteiger partial charge is 0.506 e. The standard InChI is InChI=1S/C11H14ClNO3/c1-6-5-7(8(14)3-4-13)11(16-2)9(12)10(6)15/h5,15H,3-4,13H2,1-2H3. The van der Waals surface area contributed by atoms with Crippen LogP contribution in [0.15, 0.2) is 6.07 Å². The van der Waals surface area contributed by atoms with Gasteiger partial charge in [-0.15, -0.1) is 0 Å². The van der Waals surface area contributed by atoms with Crippen molar-refractivity contribution >= 4 is 17.4 Å². The Labute approximate surface area is 99.0 Å². The summed E-state index contributed by atoms with van der Waals surface area (Å²) in [6.45, 7) is 1.93. The van der Waals surface area contributed by atoms with Crippen LogP contribution in [-0.2, 0) is 0 Å². The molecule has 0 saturated heterocycles. The molecule has 0 atom stereocenters. The van der Waals surface area contributed by atoms with Crippen LogP contribution in [0.2, 0.25) is 5.02 Å². The van der Waals surface area contributed by atoms with Crippen molar-refractivity contribution in [1.82, 2.24) is 0 Å². The molecule has 0 bridgehead atoms. The van der Waals surface area contributed by atoms with Crippen LogP contribution >= 0.6 is 11.6 Å². The van der Waals surface area contributed by atoms with E-state index in [1.54, 1.807) is 13.0 Å². The zero-order valence-corrected chi connectivity index (χ0v) is 9.97. The minimum atomic E-state index is -0.149. The van der Waals surface area contributed by atoms with Crippen molar-refractivity contribution in [2.24, 2.45) is 5.73 Å². The SMILES string of the molecule is COc1c(C(=O)CCN)cc(C)c(O)c1Cl. The molecule has 88 valence electrons. The van der Waals surface area contributed by atoms with E-state index in [1.165, 1.54) is 7.11 Å². The number of aryl methyl sites for hydroxylation is 1. The second-order valence-electron chi connectivity index (χ2n) is 3.40. The van der Waals surface area contributed by atoms with Gasteiger partial charge in [0.25, 0.3) is 0 Å². The number of Topliss-reactive ketones (excluding diaryl/α,β-unsaturated/α-hetero) is 1. The molecule has 1 aromatic carbocycles. The molecule has 0 amide bonds. The number of nitrogens with two attached hydrogens (primary N) is 1. The number of methoxy groups -OCH3 is 1. The second-order valence-corrected chi connectivity index (χ2v) is 3.78. The zero-order chi connectivity index (χ0) is 12.3. The quantitative estimate of drug-likeness (QED) is 0.793. The molecule has 0 heterocycles. The maximum Gasteiger partial charge on any atom is 0.167 e. The predicted molar refractivity (Wildman–Crippen MR) is 62.4 cm³/mol. The minimum Gasteiger partial charge on any atom is -0.506 e. The third kappa shape index (κ3) is 2.28. The summed E-state index contributed by atoms with van der Waals surface area (Å²) in [5, 5.41) is 9.66. The first-order valence-electron chi connectivity index (χ1n) is 4.82. The molecular weight excluding hydrogens is 230 g/mol. The number of hydrogen-bond donors (Lipinski definition) is 2. The summed E-state index contributed by atoms with van der Waals surface area (Å²) in [5.41, 5.74) is 6.21. The first-order valence-corrected chi connectivity index (χ1v) is 5.20. The molecule has 0 unspecified atom stereocenters. The number of benzene rings is 1. The number of rotatable bonds is 4. The fourth-order valence-electron chi connectivity index (χ4n) is 1.42. The average Bonchev–Trinajstić information content (AvgIpc) is 2.26. The molecule has 5 heteroatoms. The number of aromatic hydroxyl groups is 1. The maximum absolute atomic E-state index is 11.7. The van der Waals surface area contributed by atoms with E-state index in [1.807, 2.05) is 0 Å². The zero-order valence-electron chi connectivity index (χ0n) is 9.21. The van der Waals surface area contributed by atoms with Gasteiger partial charge in [0.1, 0.15) is 10.8 Å². The number of carbonyl (C=O) groups excluding carboxylic acids is 1. The summed E-state index contributed by atoms with van der Waals surface area (Å²) in [7, 11) is 1.40. The molecule has 4 nitrogen and oxygen atoms in total. The van der Waals surface area contributed by atoms with Crippen molar-refractivity contribution in [3.63, 3.8) is 0 Å². The lowest BCUT2D eigenvalue weighted by molar-refractivity contribution is 0.0982. The van der Waals surface area contributed by atoms with E-state index in [0.717, 1.165) is 0 Å². The summed E-state index contributed by atoms with van der Waals surface area (Å²) >= 11 is 5.89. The molecule has 3 N–H and O–H groups in total. The highest BCUT2D eigenvalue weighted by Gasteiger charge is 2.19. The molecule has 1 aromatic rings. The van der Waals surface area contributed by atoms with E-state index in [-0.39, 0.29) is 35.3 Å². The van der Waals surface area contributed by atoms with E-state index < -0.39 is 0 Å². The molecule has 0 aliphatic rings. The van der Waals surface area contributed by atoms with Gasteiger partial charge in [-0.05, 0) is 25.1 Å². The Morgan fingerprint density at radius 3 is 2.75 bits per heavy atom. The van der Waals surface area contributed by atoms with Crippen molar-refractivity contribution < 1.29 is 14.6 Å². The van der Waals surface area contributed by atoms with Gasteiger partial charge >= 0.3 is 0 Å². The number of ketones is 1. The molecule has 0 aromatic heterocycles. The lowest BCUT2D eigenvalue weighted by Crippen LogP contribution is -2.10. The Morgan fingerprint density at radius 2 is 2.25 bits per heavy atom. The number of ether oxygens (including phenoxy) is 1. The lowest BCUT2D eigenvalue weighted by atomic mass is 10.0. The van der Waals surface area contributed by atoms with Crippen LogP contribution in [0, 0.1) is 6.92 Å². The number of phenols is 1. The molecule has 0 aliphatic carbocycles. The number of phenolic OH excluding ortho intramolecular Hbond substituents is 1. The average molecular weight is 244 g/mol. The van der Waals surface area contributed by atoms with Gasteiger partial charge in [0.15, 0.2) is 11.5 Å². The van der Waals surface area contributed by atoms with Crippen LogP contribution in [0.5, 0.6) is 11.5 Å². The smallest absolute Gasteiger partial charge is 0.167 e. The summed E-state index contributed by atoms with van der Waals surface area (Å²) < 4.78 is 5.03. The van der Waals surface area contributed by atoms with Gasteiger partial charge in [0.2, 0.25) is 0 Å². The van der Waals surface area contributed by atoms with Gasteiger partial charge in [0, 0.05) is 6.42 Å². The normalized spacial score (nSPS) is 10.2. The van der Waals surface area contributed by atoms with Crippen LogP contribution in [-0.4, -0.2) is 24.5 Å². The Balaban J connectivity index is 3.33.